The predicted molar refractivity (Wildman–Crippen MR) is 96.1 cm³/mol. The molecule has 0 aliphatic rings. The number of carbonyl (C=O) groups is 1. The number of aryl methyl sites for hydroxylation is 2. The largest absolute Gasteiger partial charge is 0.421 e. The lowest BCUT2D eigenvalue weighted by molar-refractivity contribution is -0.137. The zero-order chi connectivity index (χ0) is 20.1. The van der Waals surface area contributed by atoms with E-state index in [-0.39, 0.29) is 36.1 Å². The van der Waals surface area contributed by atoms with Gasteiger partial charge in [0.15, 0.2) is 0 Å². The molecule has 0 saturated heterocycles. The number of benzene rings is 2. The van der Waals surface area contributed by atoms with Crippen molar-refractivity contribution < 1.29 is 22.4 Å². The molecule has 1 N–H and O–H groups in total. The van der Waals surface area contributed by atoms with Crippen molar-refractivity contribution in [3.05, 3.63) is 71.1 Å². The fourth-order valence-electron chi connectivity index (χ4n) is 2.52. The van der Waals surface area contributed by atoms with Gasteiger partial charge in [0.1, 0.15) is 0 Å². The summed E-state index contributed by atoms with van der Waals surface area (Å²) < 4.78 is 43.8. The number of amides is 1. The first-order chi connectivity index (χ1) is 13.3. The van der Waals surface area contributed by atoms with E-state index in [2.05, 4.69) is 15.5 Å². The zero-order valence-electron chi connectivity index (χ0n) is 15.1. The number of aromatic nitrogens is 2. The van der Waals surface area contributed by atoms with Crippen LogP contribution in [0, 0.1) is 6.92 Å². The third kappa shape index (κ3) is 5.18. The van der Waals surface area contributed by atoms with E-state index in [0.717, 1.165) is 23.3 Å². The van der Waals surface area contributed by atoms with Crippen molar-refractivity contribution in [1.29, 1.82) is 0 Å². The van der Waals surface area contributed by atoms with Crippen LogP contribution in [0.2, 0.25) is 0 Å². The molecule has 8 heteroatoms. The lowest BCUT2D eigenvalue weighted by Gasteiger charge is -2.06. The topological polar surface area (TPSA) is 68.0 Å². The van der Waals surface area contributed by atoms with Gasteiger partial charge in [-0.2, -0.15) is 13.2 Å². The minimum absolute atomic E-state index is 0.0128. The molecular formula is C20H18F3N3O2. The lowest BCUT2D eigenvalue weighted by atomic mass is 10.1. The molecule has 28 heavy (non-hydrogen) atoms. The van der Waals surface area contributed by atoms with Crippen LogP contribution in [0.1, 0.15) is 29.0 Å². The average molecular weight is 389 g/mol. The van der Waals surface area contributed by atoms with Gasteiger partial charge in [0.2, 0.25) is 17.7 Å². The molecular weight excluding hydrogens is 371 g/mol. The molecule has 3 aromatic rings. The van der Waals surface area contributed by atoms with E-state index in [1.165, 1.54) is 12.1 Å². The van der Waals surface area contributed by atoms with Gasteiger partial charge in [-0.25, -0.2) is 0 Å². The van der Waals surface area contributed by atoms with Crippen molar-refractivity contribution in [2.24, 2.45) is 0 Å². The van der Waals surface area contributed by atoms with Crippen molar-refractivity contribution in [2.75, 3.05) is 0 Å². The van der Waals surface area contributed by atoms with Crippen LogP contribution in [-0.2, 0) is 23.9 Å². The fraction of sp³-hybridized carbons (Fsp3) is 0.250. The van der Waals surface area contributed by atoms with Gasteiger partial charge in [0.05, 0.1) is 5.56 Å². The normalized spacial score (nSPS) is 11.4. The minimum atomic E-state index is -4.45. The summed E-state index contributed by atoms with van der Waals surface area (Å²) in [4.78, 5) is 12.0. The number of alkyl halides is 3. The van der Waals surface area contributed by atoms with E-state index in [4.69, 9.17) is 4.42 Å². The van der Waals surface area contributed by atoms with Crippen LogP contribution in [0.3, 0.4) is 0 Å². The number of nitrogens with zero attached hydrogens (tertiary/aromatic N) is 2. The Balaban J connectivity index is 1.54. The number of nitrogens with one attached hydrogen (secondary N) is 1. The molecule has 0 aliphatic carbocycles. The van der Waals surface area contributed by atoms with Gasteiger partial charge in [-0.3, -0.25) is 4.79 Å². The number of halogens is 3. The molecule has 0 atom stereocenters. The number of hydrogen-bond donors (Lipinski definition) is 1. The average Bonchev–Trinajstić information content (AvgIpc) is 3.14. The maximum absolute atomic E-state index is 12.8. The Morgan fingerprint density at radius 3 is 2.57 bits per heavy atom. The molecule has 0 unspecified atom stereocenters. The Morgan fingerprint density at radius 1 is 1.11 bits per heavy atom. The Bertz CT molecular complexity index is 950. The highest BCUT2D eigenvalue weighted by atomic mass is 19.4. The Hall–Kier alpha value is -3.16. The van der Waals surface area contributed by atoms with Crippen molar-refractivity contribution in [1.82, 2.24) is 15.5 Å². The Labute approximate surface area is 159 Å². The van der Waals surface area contributed by atoms with Crippen LogP contribution in [-0.4, -0.2) is 16.1 Å². The van der Waals surface area contributed by atoms with E-state index in [9.17, 15) is 18.0 Å². The summed E-state index contributed by atoms with van der Waals surface area (Å²) in [7, 11) is 0. The summed E-state index contributed by atoms with van der Waals surface area (Å²) in [5.41, 5.74) is 1.52. The SMILES string of the molecule is Cc1ccc(CNC(=O)CCc2nnc(-c3cccc(C(F)(F)F)c3)o2)cc1. The van der Waals surface area contributed by atoms with Crippen molar-refractivity contribution in [2.45, 2.75) is 32.5 Å². The highest BCUT2D eigenvalue weighted by Gasteiger charge is 2.30. The second-order valence-corrected chi connectivity index (χ2v) is 6.34. The molecule has 0 spiro atoms. The summed E-state index contributed by atoms with van der Waals surface area (Å²) in [5.74, 6) is -0.00143. The standard InChI is InChI=1S/C20H18F3N3O2/c1-13-5-7-14(8-6-13)12-24-17(27)9-10-18-25-26-19(28-18)15-3-2-4-16(11-15)20(21,22)23/h2-8,11H,9-10,12H2,1H3,(H,24,27). The van der Waals surface area contributed by atoms with Gasteiger partial charge in [0, 0.05) is 24.9 Å². The van der Waals surface area contributed by atoms with Gasteiger partial charge >= 0.3 is 6.18 Å². The molecule has 1 aromatic heterocycles. The molecule has 0 fully saturated rings. The molecule has 0 bridgehead atoms. The number of carbonyl (C=O) groups excluding carboxylic acids is 1. The van der Waals surface area contributed by atoms with Gasteiger partial charge in [0.25, 0.3) is 0 Å². The quantitative estimate of drug-likeness (QED) is 0.682. The van der Waals surface area contributed by atoms with Crippen LogP contribution >= 0.6 is 0 Å². The molecule has 0 saturated carbocycles. The van der Waals surface area contributed by atoms with Crippen LogP contribution < -0.4 is 5.32 Å². The monoisotopic (exact) mass is 389 g/mol. The third-order valence-corrected chi connectivity index (χ3v) is 4.08. The summed E-state index contributed by atoms with van der Waals surface area (Å²) in [6.45, 7) is 2.40. The molecule has 0 radical (unpaired) electrons. The summed E-state index contributed by atoms with van der Waals surface area (Å²) >= 11 is 0. The molecule has 146 valence electrons. The lowest BCUT2D eigenvalue weighted by Crippen LogP contribution is -2.23. The minimum Gasteiger partial charge on any atom is -0.421 e. The first-order valence-corrected chi connectivity index (χ1v) is 8.63. The van der Waals surface area contributed by atoms with Crippen molar-refractivity contribution >= 4 is 5.91 Å². The Kier molecular flexibility index (Phi) is 5.77. The van der Waals surface area contributed by atoms with Gasteiger partial charge < -0.3 is 9.73 Å². The molecule has 5 nitrogen and oxygen atoms in total. The third-order valence-electron chi connectivity index (χ3n) is 4.08. The molecule has 1 heterocycles. The van der Waals surface area contributed by atoms with E-state index >= 15 is 0 Å². The van der Waals surface area contributed by atoms with Gasteiger partial charge in [-0.05, 0) is 30.7 Å². The van der Waals surface area contributed by atoms with Crippen molar-refractivity contribution in [3.63, 3.8) is 0 Å². The van der Waals surface area contributed by atoms with Crippen LogP contribution in [0.4, 0.5) is 13.2 Å². The second kappa shape index (κ2) is 8.24. The first kappa shape index (κ1) is 19.6. The predicted octanol–water partition coefficient (Wildman–Crippen LogP) is 4.31. The zero-order valence-corrected chi connectivity index (χ0v) is 15.1. The van der Waals surface area contributed by atoms with Gasteiger partial charge in [-0.1, -0.05) is 35.9 Å². The number of rotatable bonds is 6. The smallest absolute Gasteiger partial charge is 0.416 e. The maximum Gasteiger partial charge on any atom is 0.416 e. The maximum atomic E-state index is 12.8. The second-order valence-electron chi connectivity index (χ2n) is 6.34. The van der Waals surface area contributed by atoms with Crippen LogP contribution in [0.25, 0.3) is 11.5 Å². The van der Waals surface area contributed by atoms with Gasteiger partial charge in [-0.15, -0.1) is 10.2 Å². The highest BCUT2D eigenvalue weighted by Crippen LogP contribution is 2.31. The van der Waals surface area contributed by atoms with E-state index in [1.807, 2.05) is 31.2 Å². The Morgan fingerprint density at radius 2 is 1.86 bits per heavy atom. The summed E-state index contributed by atoms with van der Waals surface area (Å²) in [6.07, 6.45) is -4.11. The molecule has 3 rings (SSSR count). The fourth-order valence-corrected chi connectivity index (χ4v) is 2.52. The summed E-state index contributed by atoms with van der Waals surface area (Å²) in [5, 5.41) is 10.4. The van der Waals surface area contributed by atoms with E-state index in [0.29, 0.717) is 6.54 Å². The van der Waals surface area contributed by atoms with E-state index in [1.54, 1.807) is 0 Å². The van der Waals surface area contributed by atoms with Crippen molar-refractivity contribution in [3.8, 4) is 11.5 Å². The van der Waals surface area contributed by atoms with Crippen LogP contribution in [0.15, 0.2) is 52.9 Å². The van der Waals surface area contributed by atoms with E-state index < -0.39 is 11.7 Å². The summed E-state index contributed by atoms with van der Waals surface area (Å²) in [6, 6.07) is 12.5. The molecule has 0 aliphatic heterocycles. The molecule has 2 aromatic carbocycles. The van der Waals surface area contributed by atoms with Crippen LogP contribution in [0.5, 0.6) is 0 Å². The highest BCUT2D eigenvalue weighted by molar-refractivity contribution is 5.76. The number of hydrogen-bond acceptors (Lipinski definition) is 4. The first-order valence-electron chi connectivity index (χ1n) is 8.63. The molecule has 1 amide bonds.